The van der Waals surface area contributed by atoms with Gasteiger partial charge in [0.15, 0.2) is 11.0 Å². The number of oxime groups is 1. The Hall–Kier alpha value is -1.89. The lowest BCUT2D eigenvalue weighted by Crippen LogP contribution is -2.47. The highest BCUT2D eigenvalue weighted by Crippen LogP contribution is 2.19. The highest BCUT2D eigenvalue weighted by Gasteiger charge is 2.30. The number of halogens is 1. The van der Waals surface area contributed by atoms with E-state index in [1.165, 1.54) is 0 Å². The summed E-state index contributed by atoms with van der Waals surface area (Å²) in [6, 6.07) is 3.76. The number of rotatable bonds is 4. The van der Waals surface area contributed by atoms with Crippen LogP contribution in [0, 0.1) is 0 Å². The van der Waals surface area contributed by atoms with E-state index < -0.39 is 6.10 Å². The van der Waals surface area contributed by atoms with Crippen LogP contribution in [-0.2, 0) is 9.63 Å². The molecule has 1 atom stereocenters. The highest BCUT2D eigenvalue weighted by molar-refractivity contribution is 6.29. The summed E-state index contributed by atoms with van der Waals surface area (Å²) in [6.07, 6.45) is 2.69. The molecule has 0 aromatic carbocycles. The number of hydrogen-bond donors (Lipinski definition) is 1. The van der Waals surface area contributed by atoms with Gasteiger partial charge in [0.2, 0.25) is 6.10 Å². The van der Waals surface area contributed by atoms with E-state index in [2.05, 4.69) is 25.6 Å². The van der Waals surface area contributed by atoms with Gasteiger partial charge in [-0.3, -0.25) is 4.79 Å². The minimum absolute atomic E-state index is 0.0677. The van der Waals surface area contributed by atoms with Crippen molar-refractivity contribution in [3.63, 3.8) is 0 Å². The van der Waals surface area contributed by atoms with Gasteiger partial charge in [-0.25, -0.2) is 0 Å². The Morgan fingerprint density at radius 3 is 2.78 bits per heavy atom. The molecule has 1 aromatic rings. The minimum Gasteiger partial charge on any atom is -0.382 e. The van der Waals surface area contributed by atoms with Crippen LogP contribution in [0.3, 0.4) is 0 Å². The molecule has 1 fully saturated rings. The fourth-order valence-electron chi connectivity index (χ4n) is 2.80. The van der Waals surface area contributed by atoms with Crippen LogP contribution in [0.15, 0.2) is 17.3 Å². The first-order valence-corrected chi connectivity index (χ1v) is 8.29. The number of carbonyl (C=O) groups is 1. The molecular weight excluding hydrogens is 318 g/mol. The second-order valence-corrected chi connectivity index (χ2v) is 6.18. The summed E-state index contributed by atoms with van der Waals surface area (Å²) in [5, 5.41) is 15.3. The first-order valence-electron chi connectivity index (χ1n) is 7.92. The normalized spacial score (nSPS) is 21.7. The van der Waals surface area contributed by atoms with E-state index in [-0.39, 0.29) is 11.9 Å². The van der Waals surface area contributed by atoms with Gasteiger partial charge in [-0.05, 0) is 31.4 Å². The number of nitrogens with zero attached hydrogens (tertiary/aromatic N) is 4. The molecule has 2 aliphatic rings. The average molecular weight is 338 g/mol. The Bertz CT molecular complexity index is 584. The molecule has 0 bridgehead atoms. The quantitative estimate of drug-likeness (QED) is 0.905. The van der Waals surface area contributed by atoms with Gasteiger partial charge in [0, 0.05) is 25.6 Å². The van der Waals surface area contributed by atoms with Gasteiger partial charge in [0.25, 0.3) is 5.91 Å². The van der Waals surface area contributed by atoms with E-state index in [0.29, 0.717) is 11.6 Å². The molecule has 1 aromatic heterocycles. The zero-order valence-corrected chi connectivity index (χ0v) is 13.8. The maximum absolute atomic E-state index is 12.2. The highest BCUT2D eigenvalue weighted by atomic mass is 35.5. The summed E-state index contributed by atoms with van der Waals surface area (Å²) in [5.41, 5.74) is 0.946. The van der Waals surface area contributed by atoms with E-state index in [1.54, 1.807) is 6.07 Å². The van der Waals surface area contributed by atoms with Crippen LogP contribution < -0.4 is 10.2 Å². The van der Waals surface area contributed by atoms with Crippen LogP contribution in [0.25, 0.3) is 0 Å². The van der Waals surface area contributed by atoms with E-state index in [1.807, 2.05) is 13.0 Å². The Labute approximate surface area is 140 Å². The molecule has 23 heavy (non-hydrogen) atoms. The molecule has 0 radical (unpaired) electrons. The van der Waals surface area contributed by atoms with Crippen molar-refractivity contribution >= 4 is 29.0 Å². The lowest BCUT2D eigenvalue weighted by molar-refractivity contribution is -0.132. The smallest absolute Gasteiger partial charge is 0.264 e. The Balaban J connectivity index is 1.46. The summed E-state index contributed by atoms with van der Waals surface area (Å²) in [6.45, 7) is 3.66. The molecule has 2 aliphatic heterocycles. The second kappa shape index (κ2) is 7.12. The van der Waals surface area contributed by atoms with Crippen molar-refractivity contribution in [2.75, 3.05) is 18.0 Å². The largest absolute Gasteiger partial charge is 0.382 e. The lowest BCUT2D eigenvalue weighted by Gasteiger charge is -2.33. The molecule has 0 saturated carbocycles. The van der Waals surface area contributed by atoms with Crippen LogP contribution in [0.1, 0.15) is 32.6 Å². The number of carbonyl (C=O) groups excluding carboxylic acids is 1. The molecule has 1 N–H and O–H groups in total. The van der Waals surface area contributed by atoms with Gasteiger partial charge >= 0.3 is 0 Å². The second-order valence-electron chi connectivity index (χ2n) is 5.79. The third-order valence-corrected chi connectivity index (χ3v) is 4.42. The summed E-state index contributed by atoms with van der Waals surface area (Å²) >= 11 is 5.75. The van der Waals surface area contributed by atoms with Crippen molar-refractivity contribution in [1.82, 2.24) is 15.5 Å². The topological polar surface area (TPSA) is 79.7 Å². The van der Waals surface area contributed by atoms with Crippen LogP contribution in [0.4, 0.5) is 5.82 Å². The molecule has 0 spiro atoms. The molecule has 3 rings (SSSR count). The van der Waals surface area contributed by atoms with Gasteiger partial charge in [-0.1, -0.05) is 23.7 Å². The molecule has 1 saturated heterocycles. The molecule has 0 aliphatic carbocycles. The van der Waals surface area contributed by atoms with Crippen LogP contribution in [-0.4, -0.2) is 47.1 Å². The third-order valence-electron chi connectivity index (χ3n) is 4.21. The summed E-state index contributed by atoms with van der Waals surface area (Å²) < 4.78 is 0. The number of hydrogen-bond acceptors (Lipinski definition) is 6. The number of amides is 1. The third kappa shape index (κ3) is 3.90. The molecular formula is C15H20ClN5O2. The average Bonchev–Trinajstić information content (AvgIpc) is 3.06. The van der Waals surface area contributed by atoms with Crippen molar-refractivity contribution in [2.45, 2.75) is 44.8 Å². The van der Waals surface area contributed by atoms with Gasteiger partial charge in [0.1, 0.15) is 0 Å². The fourth-order valence-corrected chi connectivity index (χ4v) is 2.90. The van der Waals surface area contributed by atoms with Crippen LogP contribution in [0.5, 0.6) is 0 Å². The van der Waals surface area contributed by atoms with Crippen molar-refractivity contribution in [2.24, 2.45) is 5.16 Å². The van der Waals surface area contributed by atoms with Crippen molar-refractivity contribution in [3.8, 4) is 0 Å². The predicted octanol–water partition coefficient (Wildman–Crippen LogP) is 1.77. The Morgan fingerprint density at radius 1 is 1.39 bits per heavy atom. The zero-order valence-electron chi connectivity index (χ0n) is 13.0. The maximum atomic E-state index is 12.2. The first-order chi connectivity index (χ1) is 11.2. The van der Waals surface area contributed by atoms with Gasteiger partial charge < -0.3 is 15.1 Å². The monoisotopic (exact) mass is 337 g/mol. The zero-order chi connectivity index (χ0) is 16.2. The number of piperidine rings is 1. The van der Waals surface area contributed by atoms with E-state index >= 15 is 0 Å². The number of nitrogens with one attached hydrogen (secondary N) is 1. The van der Waals surface area contributed by atoms with Crippen LogP contribution in [0.2, 0.25) is 5.15 Å². The minimum atomic E-state index is -0.467. The van der Waals surface area contributed by atoms with E-state index in [9.17, 15) is 4.79 Å². The lowest BCUT2D eigenvalue weighted by atomic mass is 10.0. The van der Waals surface area contributed by atoms with E-state index in [4.69, 9.17) is 16.4 Å². The SMILES string of the molecule is CCC1=NOC(C(=O)NC2CCN(c3ccc(Cl)nn3)CC2)C1. The van der Waals surface area contributed by atoms with Gasteiger partial charge in [-0.2, -0.15) is 0 Å². The van der Waals surface area contributed by atoms with Crippen molar-refractivity contribution in [3.05, 3.63) is 17.3 Å². The predicted molar refractivity (Wildman–Crippen MR) is 87.6 cm³/mol. The van der Waals surface area contributed by atoms with Gasteiger partial charge in [-0.15, -0.1) is 10.2 Å². The maximum Gasteiger partial charge on any atom is 0.264 e. The standard InChI is InChI=1S/C15H20ClN5O2/c1-2-10-9-12(23-20-10)15(22)17-11-5-7-21(8-6-11)14-4-3-13(16)18-19-14/h3-4,11-12H,2,5-9H2,1H3,(H,17,22). The molecule has 3 heterocycles. The number of anilines is 1. The summed E-state index contributed by atoms with van der Waals surface area (Å²) in [5.74, 6) is 0.751. The van der Waals surface area contributed by atoms with E-state index in [0.717, 1.165) is 43.9 Å². The Kier molecular flexibility index (Phi) is 4.95. The summed E-state index contributed by atoms with van der Waals surface area (Å²) in [4.78, 5) is 19.5. The fraction of sp³-hybridized carbons (Fsp3) is 0.600. The molecule has 7 nitrogen and oxygen atoms in total. The van der Waals surface area contributed by atoms with Crippen LogP contribution >= 0.6 is 11.6 Å². The number of aromatic nitrogens is 2. The molecule has 1 amide bonds. The van der Waals surface area contributed by atoms with Crippen molar-refractivity contribution < 1.29 is 9.63 Å². The first kappa shape index (κ1) is 16.0. The van der Waals surface area contributed by atoms with Crippen molar-refractivity contribution in [1.29, 1.82) is 0 Å². The summed E-state index contributed by atoms with van der Waals surface area (Å²) in [7, 11) is 0. The molecule has 124 valence electrons. The Morgan fingerprint density at radius 2 is 2.17 bits per heavy atom. The van der Waals surface area contributed by atoms with Gasteiger partial charge in [0.05, 0.1) is 5.71 Å². The molecule has 8 heteroatoms. The molecule has 1 unspecified atom stereocenters.